The minimum absolute atomic E-state index is 0.238. The van der Waals surface area contributed by atoms with Crippen LogP contribution in [0, 0.1) is 0 Å². The van der Waals surface area contributed by atoms with Crippen LogP contribution in [0.2, 0.25) is 0 Å². The van der Waals surface area contributed by atoms with Crippen molar-refractivity contribution in [3.8, 4) is 5.75 Å². The highest BCUT2D eigenvalue weighted by Crippen LogP contribution is 2.11. The van der Waals surface area contributed by atoms with E-state index >= 15 is 0 Å². The van der Waals surface area contributed by atoms with Gasteiger partial charge in [-0.15, -0.1) is 0 Å². The molecule has 0 fully saturated rings. The number of aryl methyl sites for hydroxylation is 1. The third kappa shape index (κ3) is 3.41. The second-order valence-corrected chi connectivity index (χ2v) is 6.54. The molecule has 1 unspecified atom stereocenters. The number of hydrogen-bond donors (Lipinski definition) is 2. The molecule has 2 aromatic heterocycles. The molecule has 0 aliphatic carbocycles. The molecule has 8 heteroatoms. The number of nitrogens with one attached hydrogen (secondary N) is 1. The number of benzene rings is 1. The standard InChI is InChI=1S/C18H23N5O3/c1-12(10-13-4-6-14(24)7-5-13)19-8-9-23-11-20-16-15(23)17(25)22(3)18(26)21(16)2/h4-7,11-12,19,24H,8-10H2,1-3H3. The highest BCUT2D eigenvalue weighted by atomic mass is 16.3. The third-order valence-electron chi connectivity index (χ3n) is 4.54. The summed E-state index contributed by atoms with van der Waals surface area (Å²) >= 11 is 0. The molecule has 0 saturated heterocycles. The van der Waals surface area contributed by atoms with Gasteiger partial charge in [-0.25, -0.2) is 9.78 Å². The third-order valence-corrected chi connectivity index (χ3v) is 4.54. The van der Waals surface area contributed by atoms with Crippen LogP contribution in [-0.2, 0) is 27.1 Å². The molecule has 138 valence electrons. The highest BCUT2D eigenvalue weighted by molar-refractivity contribution is 5.69. The van der Waals surface area contributed by atoms with Gasteiger partial charge in [-0.2, -0.15) is 0 Å². The molecule has 0 radical (unpaired) electrons. The molecule has 0 spiro atoms. The fourth-order valence-corrected chi connectivity index (χ4v) is 3.06. The Kier molecular flexibility index (Phi) is 4.94. The van der Waals surface area contributed by atoms with E-state index in [1.807, 2.05) is 12.1 Å². The molecule has 0 amide bonds. The van der Waals surface area contributed by atoms with E-state index in [0.717, 1.165) is 16.6 Å². The number of aromatic nitrogens is 4. The number of aromatic hydroxyl groups is 1. The second kappa shape index (κ2) is 7.17. The zero-order valence-electron chi connectivity index (χ0n) is 15.1. The van der Waals surface area contributed by atoms with Crippen molar-refractivity contribution in [1.82, 2.24) is 24.0 Å². The highest BCUT2D eigenvalue weighted by Gasteiger charge is 2.14. The van der Waals surface area contributed by atoms with Crippen LogP contribution in [-0.4, -0.2) is 36.4 Å². The first-order chi connectivity index (χ1) is 12.4. The van der Waals surface area contributed by atoms with Crippen molar-refractivity contribution in [2.24, 2.45) is 14.1 Å². The van der Waals surface area contributed by atoms with E-state index in [2.05, 4.69) is 17.2 Å². The molecule has 0 saturated carbocycles. The Labute approximate surface area is 150 Å². The van der Waals surface area contributed by atoms with E-state index in [1.165, 1.54) is 11.6 Å². The van der Waals surface area contributed by atoms with Crippen molar-refractivity contribution < 1.29 is 5.11 Å². The predicted octanol–water partition coefficient (Wildman–Crippen LogP) is 0.360. The van der Waals surface area contributed by atoms with Gasteiger partial charge < -0.3 is 15.0 Å². The topological polar surface area (TPSA) is 94.1 Å². The van der Waals surface area contributed by atoms with Crippen molar-refractivity contribution in [1.29, 1.82) is 0 Å². The van der Waals surface area contributed by atoms with Crippen molar-refractivity contribution in [2.75, 3.05) is 6.54 Å². The molecule has 2 N–H and O–H groups in total. The molecule has 26 heavy (non-hydrogen) atoms. The van der Waals surface area contributed by atoms with Crippen LogP contribution in [0.5, 0.6) is 5.75 Å². The largest absolute Gasteiger partial charge is 0.508 e. The van der Waals surface area contributed by atoms with Gasteiger partial charge in [0.15, 0.2) is 11.2 Å². The van der Waals surface area contributed by atoms with Gasteiger partial charge in [-0.3, -0.25) is 13.9 Å². The van der Waals surface area contributed by atoms with Crippen LogP contribution in [0.4, 0.5) is 0 Å². The number of hydrogen-bond acceptors (Lipinski definition) is 5. The summed E-state index contributed by atoms with van der Waals surface area (Å²) in [4.78, 5) is 28.6. The number of phenols is 1. The van der Waals surface area contributed by atoms with Crippen LogP contribution in [0.1, 0.15) is 12.5 Å². The zero-order valence-corrected chi connectivity index (χ0v) is 15.1. The summed E-state index contributed by atoms with van der Waals surface area (Å²) in [6.45, 7) is 3.32. The summed E-state index contributed by atoms with van der Waals surface area (Å²) in [5.41, 5.74) is 1.25. The lowest BCUT2D eigenvalue weighted by atomic mass is 10.1. The van der Waals surface area contributed by atoms with Gasteiger partial charge in [-0.05, 0) is 31.0 Å². The van der Waals surface area contributed by atoms with E-state index in [-0.39, 0.29) is 23.0 Å². The maximum absolute atomic E-state index is 12.4. The molecule has 1 aromatic carbocycles. The molecule has 2 heterocycles. The fraction of sp³-hybridized carbons (Fsp3) is 0.389. The Hall–Kier alpha value is -2.87. The SMILES string of the molecule is CC(Cc1ccc(O)cc1)NCCn1cnc2c1c(=O)n(C)c(=O)n2C. The lowest BCUT2D eigenvalue weighted by Crippen LogP contribution is -2.38. The molecule has 8 nitrogen and oxygen atoms in total. The van der Waals surface area contributed by atoms with Crippen LogP contribution in [0.3, 0.4) is 0 Å². The lowest BCUT2D eigenvalue weighted by molar-refractivity contribution is 0.474. The molecule has 1 atom stereocenters. The average Bonchev–Trinajstić information content (AvgIpc) is 3.04. The van der Waals surface area contributed by atoms with Gasteiger partial charge in [0.1, 0.15) is 5.75 Å². The lowest BCUT2D eigenvalue weighted by Gasteiger charge is -2.14. The van der Waals surface area contributed by atoms with Crippen molar-refractivity contribution in [3.63, 3.8) is 0 Å². The summed E-state index contributed by atoms with van der Waals surface area (Å²) in [5.74, 6) is 0.261. The maximum atomic E-state index is 12.4. The number of nitrogens with zero attached hydrogens (tertiary/aromatic N) is 4. The molecule has 0 bridgehead atoms. The molecular formula is C18H23N5O3. The Balaban J connectivity index is 1.68. The average molecular weight is 357 g/mol. The van der Waals surface area contributed by atoms with Gasteiger partial charge in [-0.1, -0.05) is 12.1 Å². The monoisotopic (exact) mass is 357 g/mol. The first kappa shape index (κ1) is 17.9. The summed E-state index contributed by atoms with van der Waals surface area (Å²) in [7, 11) is 3.08. The predicted molar refractivity (Wildman–Crippen MR) is 99.5 cm³/mol. The number of imidazole rings is 1. The van der Waals surface area contributed by atoms with Gasteiger partial charge in [0.25, 0.3) is 5.56 Å². The second-order valence-electron chi connectivity index (χ2n) is 6.54. The summed E-state index contributed by atoms with van der Waals surface area (Å²) in [6, 6.07) is 7.41. The minimum Gasteiger partial charge on any atom is -0.508 e. The smallest absolute Gasteiger partial charge is 0.332 e. The van der Waals surface area contributed by atoms with Crippen molar-refractivity contribution in [2.45, 2.75) is 25.9 Å². The first-order valence-electron chi connectivity index (χ1n) is 8.50. The van der Waals surface area contributed by atoms with E-state index in [9.17, 15) is 14.7 Å². The Morgan fingerprint density at radius 1 is 1.15 bits per heavy atom. The van der Waals surface area contributed by atoms with E-state index in [4.69, 9.17) is 0 Å². The number of rotatable bonds is 6. The minimum atomic E-state index is -0.381. The molecule has 3 aromatic rings. The molecule has 0 aliphatic rings. The molecule has 3 rings (SSSR count). The van der Waals surface area contributed by atoms with Crippen LogP contribution >= 0.6 is 0 Å². The fourth-order valence-electron chi connectivity index (χ4n) is 3.06. The number of phenolic OH excluding ortho intramolecular Hbond substituents is 1. The van der Waals surface area contributed by atoms with E-state index in [0.29, 0.717) is 24.3 Å². The van der Waals surface area contributed by atoms with Crippen molar-refractivity contribution >= 4 is 11.2 Å². The van der Waals surface area contributed by atoms with Gasteiger partial charge in [0.2, 0.25) is 0 Å². The van der Waals surface area contributed by atoms with E-state index < -0.39 is 0 Å². The summed E-state index contributed by atoms with van der Waals surface area (Å²) < 4.78 is 4.26. The first-order valence-corrected chi connectivity index (χ1v) is 8.50. The Morgan fingerprint density at radius 3 is 2.54 bits per heavy atom. The van der Waals surface area contributed by atoms with Crippen molar-refractivity contribution in [3.05, 3.63) is 57.0 Å². The zero-order chi connectivity index (χ0) is 18.8. The quantitative estimate of drug-likeness (QED) is 0.664. The van der Waals surface area contributed by atoms with E-state index in [1.54, 1.807) is 30.1 Å². The Morgan fingerprint density at radius 2 is 1.85 bits per heavy atom. The van der Waals surface area contributed by atoms with Gasteiger partial charge in [0, 0.05) is 33.2 Å². The van der Waals surface area contributed by atoms with Gasteiger partial charge >= 0.3 is 5.69 Å². The van der Waals surface area contributed by atoms with Crippen LogP contribution < -0.4 is 16.6 Å². The van der Waals surface area contributed by atoms with Gasteiger partial charge in [0.05, 0.1) is 6.33 Å². The van der Waals surface area contributed by atoms with Crippen LogP contribution in [0.25, 0.3) is 11.2 Å². The summed E-state index contributed by atoms with van der Waals surface area (Å²) in [5, 5.41) is 12.8. The number of fused-ring (bicyclic) bond motifs is 1. The molecule has 0 aliphatic heterocycles. The summed E-state index contributed by atoms with van der Waals surface area (Å²) in [6.07, 6.45) is 2.43. The Bertz CT molecular complexity index is 1030. The van der Waals surface area contributed by atoms with Crippen LogP contribution in [0.15, 0.2) is 40.2 Å². The maximum Gasteiger partial charge on any atom is 0.332 e. The normalized spacial score (nSPS) is 12.6. The molecular weight excluding hydrogens is 334 g/mol.